The summed E-state index contributed by atoms with van der Waals surface area (Å²) >= 11 is 0. The third-order valence-corrected chi connectivity index (χ3v) is 2.15. The Morgan fingerprint density at radius 1 is 1.25 bits per heavy atom. The molecule has 0 radical (unpaired) electrons. The van der Waals surface area contributed by atoms with Gasteiger partial charge in [0.2, 0.25) is 5.91 Å². The Labute approximate surface area is 98.0 Å². The summed E-state index contributed by atoms with van der Waals surface area (Å²) in [5.41, 5.74) is -0.0691. The van der Waals surface area contributed by atoms with E-state index in [1.54, 1.807) is 4.90 Å². The van der Waals surface area contributed by atoms with Gasteiger partial charge in [-0.1, -0.05) is 20.8 Å². The first-order valence-corrected chi connectivity index (χ1v) is 5.53. The van der Waals surface area contributed by atoms with Crippen molar-refractivity contribution < 1.29 is 14.3 Å². The molecule has 1 amide bonds. The summed E-state index contributed by atoms with van der Waals surface area (Å²) in [6, 6.07) is 0.00829. The van der Waals surface area contributed by atoms with E-state index in [2.05, 4.69) is 4.74 Å². The van der Waals surface area contributed by atoms with Crippen LogP contribution in [0.2, 0.25) is 0 Å². The fourth-order valence-corrected chi connectivity index (χ4v) is 1.32. The van der Waals surface area contributed by atoms with E-state index in [0.29, 0.717) is 6.42 Å². The highest BCUT2D eigenvalue weighted by Crippen LogP contribution is 2.20. The molecule has 0 saturated heterocycles. The molecule has 4 nitrogen and oxygen atoms in total. The minimum absolute atomic E-state index is 0.00657. The Morgan fingerprint density at radius 3 is 2.06 bits per heavy atom. The molecule has 0 aromatic heterocycles. The summed E-state index contributed by atoms with van der Waals surface area (Å²) in [5, 5.41) is 0. The molecule has 0 aliphatic carbocycles. The van der Waals surface area contributed by atoms with Crippen molar-refractivity contribution in [2.45, 2.75) is 47.1 Å². The average Bonchev–Trinajstić information content (AvgIpc) is 2.09. The fraction of sp³-hybridized carbons (Fsp3) is 0.833. The van der Waals surface area contributed by atoms with Crippen LogP contribution in [-0.4, -0.2) is 36.5 Å². The summed E-state index contributed by atoms with van der Waals surface area (Å²) in [4.78, 5) is 24.7. The van der Waals surface area contributed by atoms with Crippen molar-refractivity contribution >= 4 is 11.9 Å². The molecule has 4 heteroatoms. The van der Waals surface area contributed by atoms with E-state index < -0.39 is 0 Å². The van der Waals surface area contributed by atoms with Gasteiger partial charge in [-0.3, -0.25) is 9.59 Å². The highest BCUT2D eigenvalue weighted by molar-refractivity contribution is 5.82. The molecule has 0 N–H and O–H groups in total. The quantitative estimate of drug-likeness (QED) is 0.691. The Morgan fingerprint density at radius 2 is 1.75 bits per heavy atom. The van der Waals surface area contributed by atoms with Crippen LogP contribution < -0.4 is 0 Å². The van der Waals surface area contributed by atoms with Gasteiger partial charge >= 0.3 is 5.97 Å². The lowest BCUT2D eigenvalue weighted by molar-refractivity contribution is -0.148. The summed E-state index contributed by atoms with van der Waals surface area (Å²) in [7, 11) is 1.33. The summed E-state index contributed by atoms with van der Waals surface area (Å²) < 4.78 is 4.58. The van der Waals surface area contributed by atoms with Crippen LogP contribution in [0, 0.1) is 5.41 Å². The van der Waals surface area contributed by atoms with Crippen LogP contribution in [0.15, 0.2) is 0 Å². The molecule has 0 aromatic rings. The summed E-state index contributed by atoms with van der Waals surface area (Å²) in [6.07, 6.45) is 0.433. The number of nitrogens with zero attached hydrogens (tertiary/aromatic N) is 1. The van der Waals surface area contributed by atoms with Crippen molar-refractivity contribution in [2.24, 2.45) is 5.41 Å². The number of amides is 1. The smallest absolute Gasteiger partial charge is 0.325 e. The largest absolute Gasteiger partial charge is 0.468 e. The monoisotopic (exact) mass is 229 g/mol. The van der Waals surface area contributed by atoms with E-state index >= 15 is 0 Å². The van der Waals surface area contributed by atoms with Gasteiger partial charge in [0.15, 0.2) is 0 Å². The number of hydrogen-bond acceptors (Lipinski definition) is 3. The van der Waals surface area contributed by atoms with Crippen molar-refractivity contribution in [1.29, 1.82) is 0 Å². The fourth-order valence-electron chi connectivity index (χ4n) is 1.32. The van der Waals surface area contributed by atoms with Gasteiger partial charge in [-0.15, -0.1) is 0 Å². The molecule has 0 rings (SSSR count). The second-order valence-corrected chi connectivity index (χ2v) is 5.43. The average molecular weight is 229 g/mol. The van der Waals surface area contributed by atoms with Crippen LogP contribution in [-0.2, 0) is 14.3 Å². The maximum absolute atomic E-state index is 12.0. The molecule has 0 saturated carbocycles. The number of ether oxygens (including phenoxy) is 1. The molecular weight excluding hydrogens is 206 g/mol. The molecule has 0 atom stereocenters. The predicted molar refractivity (Wildman–Crippen MR) is 62.9 cm³/mol. The van der Waals surface area contributed by atoms with Crippen molar-refractivity contribution in [1.82, 2.24) is 4.90 Å². The highest BCUT2D eigenvalue weighted by Gasteiger charge is 2.24. The summed E-state index contributed by atoms with van der Waals surface area (Å²) in [5.74, 6) is -0.385. The first-order chi connectivity index (χ1) is 7.17. The van der Waals surface area contributed by atoms with Crippen LogP contribution in [0.5, 0.6) is 0 Å². The minimum atomic E-state index is -0.379. The molecule has 0 spiro atoms. The third-order valence-electron chi connectivity index (χ3n) is 2.15. The predicted octanol–water partition coefficient (Wildman–Crippen LogP) is 1.83. The summed E-state index contributed by atoms with van der Waals surface area (Å²) in [6.45, 7) is 9.82. The van der Waals surface area contributed by atoms with Crippen LogP contribution in [0.3, 0.4) is 0 Å². The Kier molecular flexibility index (Phi) is 5.48. The van der Waals surface area contributed by atoms with Gasteiger partial charge in [0.25, 0.3) is 0 Å². The molecule has 0 unspecified atom stereocenters. The highest BCUT2D eigenvalue weighted by atomic mass is 16.5. The number of carbonyl (C=O) groups is 2. The maximum atomic E-state index is 12.0. The van der Waals surface area contributed by atoms with Gasteiger partial charge in [-0.05, 0) is 19.3 Å². The number of hydrogen-bond donors (Lipinski definition) is 0. The Balaban J connectivity index is 4.54. The van der Waals surface area contributed by atoms with Crippen LogP contribution in [0.4, 0.5) is 0 Å². The zero-order valence-corrected chi connectivity index (χ0v) is 11.2. The second-order valence-electron chi connectivity index (χ2n) is 5.43. The molecule has 0 fully saturated rings. The van der Waals surface area contributed by atoms with Crippen molar-refractivity contribution in [3.63, 3.8) is 0 Å². The standard InChI is InChI=1S/C12H23NO3/c1-9(2)13(8-11(15)16-6)10(14)7-12(3,4)5/h9H,7-8H2,1-6H3. The zero-order chi connectivity index (χ0) is 12.9. The molecule has 0 aliphatic rings. The second kappa shape index (κ2) is 5.87. The number of carbonyl (C=O) groups excluding carboxylic acids is 2. The van der Waals surface area contributed by atoms with E-state index in [1.807, 2.05) is 34.6 Å². The SMILES string of the molecule is COC(=O)CN(C(=O)CC(C)(C)C)C(C)C. The third kappa shape index (κ3) is 5.73. The van der Waals surface area contributed by atoms with Gasteiger partial charge in [0.1, 0.15) is 6.54 Å². The van der Waals surface area contributed by atoms with Crippen molar-refractivity contribution in [2.75, 3.05) is 13.7 Å². The number of esters is 1. The number of methoxy groups -OCH3 is 1. The molecule has 0 heterocycles. The minimum Gasteiger partial charge on any atom is -0.468 e. The van der Waals surface area contributed by atoms with Gasteiger partial charge in [-0.25, -0.2) is 0 Å². The van der Waals surface area contributed by atoms with Crippen LogP contribution >= 0.6 is 0 Å². The molecule has 0 aromatic carbocycles. The van der Waals surface area contributed by atoms with Gasteiger partial charge in [-0.2, -0.15) is 0 Å². The zero-order valence-electron chi connectivity index (χ0n) is 11.2. The van der Waals surface area contributed by atoms with E-state index in [-0.39, 0.29) is 29.9 Å². The lowest BCUT2D eigenvalue weighted by atomic mass is 9.91. The molecule has 0 bridgehead atoms. The van der Waals surface area contributed by atoms with E-state index in [4.69, 9.17) is 0 Å². The molecule has 16 heavy (non-hydrogen) atoms. The topological polar surface area (TPSA) is 46.6 Å². The van der Waals surface area contributed by atoms with Crippen LogP contribution in [0.25, 0.3) is 0 Å². The lowest BCUT2D eigenvalue weighted by Crippen LogP contribution is -2.42. The molecule has 0 aliphatic heterocycles. The van der Waals surface area contributed by atoms with Gasteiger partial charge in [0.05, 0.1) is 7.11 Å². The molecular formula is C12H23NO3. The van der Waals surface area contributed by atoms with Gasteiger partial charge in [0, 0.05) is 12.5 Å². The van der Waals surface area contributed by atoms with E-state index in [1.165, 1.54) is 7.11 Å². The normalized spacial score (nSPS) is 11.4. The van der Waals surface area contributed by atoms with Crippen molar-refractivity contribution in [3.8, 4) is 0 Å². The van der Waals surface area contributed by atoms with Gasteiger partial charge < -0.3 is 9.64 Å². The van der Waals surface area contributed by atoms with Crippen molar-refractivity contribution in [3.05, 3.63) is 0 Å². The Hall–Kier alpha value is -1.06. The Bertz CT molecular complexity index is 253. The number of rotatable bonds is 4. The first kappa shape index (κ1) is 14.9. The first-order valence-electron chi connectivity index (χ1n) is 5.53. The van der Waals surface area contributed by atoms with E-state index in [0.717, 1.165) is 0 Å². The van der Waals surface area contributed by atoms with E-state index in [9.17, 15) is 9.59 Å². The lowest BCUT2D eigenvalue weighted by Gasteiger charge is -2.28. The maximum Gasteiger partial charge on any atom is 0.325 e. The van der Waals surface area contributed by atoms with Crippen LogP contribution in [0.1, 0.15) is 41.0 Å². The molecule has 94 valence electrons.